The highest BCUT2D eigenvalue weighted by Crippen LogP contribution is 2.18. The summed E-state index contributed by atoms with van der Waals surface area (Å²) < 4.78 is 45.2. The largest absolute Gasteiger partial charge is 0.459 e. The van der Waals surface area contributed by atoms with Gasteiger partial charge < -0.3 is 19.8 Å². The smallest absolute Gasteiger partial charge is 0.411 e. The van der Waals surface area contributed by atoms with Crippen LogP contribution in [-0.4, -0.2) is 37.7 Å². The second-order valence-corrected chi connectivity index (χ2v) is 5.38. The van der Waals surface area contributed by atoms with Gasteiger partial charge >= 0.3 is 6.18 Å². The molecule has 140 valence electrons. The Labute approximate surface area is 147 Å². The van der Waals surface area contributed by atoms with E-state index in [0.29, 0.717) is 5.69 Å². The molecule has 1 aromatic heterocycles. The van der Waals surface area contributed by atoms with Crippen LogP contribution < -0.4 is 10.6 Å². The van der Waals surface area contributed by atoms with E-state index in [0.717, 1.165) is 5.56 Å². The van der Waals surface area contributed by atoms with E-state index in [1.54, 1.807) is 25.1 Å². The molecular weight excluding hydrogens is 353 g/mol. The summed E-state index contributed by atoms with van der Waals surface area (Å²) in [6, 6.07) is 7.74. The van der Waals surface area contributed by atoms with Crippen LogP contribution in [0.15, 0.2) is 41.0 Å². The molecule has 9 heteroatoms. The van der Waals surface area contributed by atoms with Crippen LogP contribution in [0.1, 0.15) is 26.5 Å². The molecule has 0 saturated carbocycles. The molecule has 2 aromatic rings. The van der Waals surface area contributed by atoms with Gasteiger partial charge in [-0.2, -0.15) is 13.2 Å². The number of halogens is 3. The van der Waals surface area contributed by atoms with Gasteiger partial charge in [-0.05, 0) is 36.8 Å². The summed E-state index contributed by atoms with van der Waals surface area (Å²) in [5.41, 5.74) is 1.41. The van der Waals surface area contributed by atoms with E-state index < -0.39 is 24.6 Å². The number of benzene rings is 1. The summed E-state index contributed by atoms with van der Waals surface area (Å²) in [6.07, 6.45) is -3.03. The third kappa shape index (κ3) is 5.92. The Kier molecular flexibility index (Phi) is 6.40. The monoisotopic (exact) mass is 370 g/mol. The molecule has 0 saturated heterocycles. The second-order valence-electron chi connectivity index (χ2n) is 5.38. The van der Waals surface area contributed by atoms with Gasteiger partial charge in [0, 0.05) is 17.8 Å². The fourth-order valence-corrected chi connectivity index (χ4v) is 2.02. The minimum atomic E-state index is -4.40. The molecule has 0 aliphatic heterocycles. The molecule has 2 rings (SSSR count). The maximum absolute atomic E-state index is 12.1. The first-order chi connectivity index (χ1) is 12.3. The van der Waals surface area contributed by atoms with Crippen molar-refractivity contribution in [3.63, 3.8) is 0 Å². The first-order valence-electron chi connectivity index (χ1n) is 7.64. The van der Waals surface area contributed by atoms with Crippen molar-refractivity contribution in [3.05, 3.63) is 53.5 Å². The zero-order valence-corrected chi connectivity index (χ0v) is 13.9. The molecular formula is C17H17F3N2O4. The number of carbonyl (C=O) groups is 2. The maximum Gasteiger partial charge on any atom is 0.411 e. The van der Waals surface area contributed by atoms with Crippen LogP contribution in [-0.2, 0) is 4.74 Å². The number of nitrogens with one attached hydrogen (secondary N) is 2. The maximum atomic E-state index is 12.1. The van der Waals surface area contributed by atoms with Crippen molar-refractivity contribution in [1.82, 2.24) is 5.32 Å². The SMILES string of the molecule is Cc1ccc(C(=O)NCCOCC(F)(F)F)cc1NC(=O)c1ccco1. The zero-order chi connectivity index (χ0) is 19.2. The number of hydrogen-bond acceptors (Lipinski definition) is 4. The lowest BCUT2D eigenvalue weighted by Gasteiger charge is -2.11. The molecule has 0 aliphatic carbocycles. The standard InChI is InChI=1S/C17H17F3N2O4/c1-11-4-5-12(15(23)21-6-8-25-10-17(18,19)20)9-13(11)22-16(24)14-3-2-7-26-14/h2-5,7,9H,6,8,10H2,1H3,(H,21,23)(H,22,24). The summed E-state index contributed by atoms with van der Waals surface area (Å²) >= 11 is 0. The number of hydrogen-bond donors (Lipinski definition) is 2. The molecule has 0 aliphatic rings. The van der Waals surface area contributed by atoms with E-state index in [9.17, 15) is 22.8 Å². The van der Waals surface area contributed by atoms with Gasteiger partial charge in [-0.1, -0.05) is 6.07 Å². The molecule has 0 bridgehead atoms. The van der Waals surface area contributed by atoms with E-state index in [-0.39, 0.29) is 24.5 Å². The van der Waals surface area contributed by atoms with Crippen LogP contribution in [0.2, 0.25) is 0 Å². The average molecular weight is 370 g/mol. The molecule has 0 unspecified atom stereocenters. The molecule has 2 amide bonds. The van der Waals surface area contributed by atoms with Crippen molar-refractivity contribution in [2.24, 2.45) is 0 Å². The first-order valence-corrected chi connectivity index (χ1v) is 7.64. The van der Waals surface area contributed by atoms with Gasteiger partial charge in [0.05, 0.1) is 12.9 Å². The highest BCUT2D eigenvalue weighted by molar-refractivity contribution is 6.03. The Hall–Kier alpha value is -2.81. The highest BCUT2D eigenvalue weighted by atomic mass is 19.4. The molecule has 6 nitrogen and oxygen atoms in total. The number of alkyl halides is 3. The lowest BCUT2D eigenvalue weighted by molar-refractivity contribution is -0.173. The Morgan fingerprint density at radius 2 is 1.96 bits per heavy atom. The number of furan rings is 1. The molecule has 1 aromatic carbocycles. The lowest BCUT2D eigenvalue weighted by atomic mass is 10.1. The van der Waals surface area contributed by atoms with Crippen LogP contribution in [0.25, 0.3) is 0 Å². The van der Waals surface area contributed by atoms with Crippen molar-refractivity contribution in [2.75, 3.05) is 25.1 Å². The Balaban J connectivity index is 1.91. The predicted molar refractivity (Wildman–Crippen MR) is 87.0 cm³/mol. The van der Waals surface area contributed by atoms with Crippen molar-refractivity contribution in [1.29, 1.82) is 0 Å². The summed E-state index contributed by atoms with van der Waals surface area (Å²) in [5.74, 6) is -0.827. The molecule has 0 radical (unpaired) electrons. The van der Waals surface area contributed by atoms with Crippen molar-refractivity contribution < 1.29 is 31.9 Å². The Morgan fingerprint density at radius 3 is 2.62 bits per heavy atom. The van der Waals surface area contributed by atoms with Gasteiger partial charge in [-0.25, -0.2) is 0 Å². The minimum Gasteiger partial charge on any atom is -0.459 e. The fraction of sp³-hybridized carbons (Fsp3) is 0.294. The van der Waals surface area contributed by atoms with Crippen LogP contribution in [0.3, 0.4) is 0 Å². The Bertz CT molecular complexity index is 758. The van der Waals surface area contributed by atoms with Gasteiger partial charge in [0.2, 0.25) is 0 Å². The predicted octanol–water partition coefficient (Wildman–Crippen LogP) is 3.15. The normalized spacial score (nSPS) is 11.2. The summed E-state index contributed by atoms with van der Waals surface area (Å²) in [6.45, 7) is 0.0524. The molecule has 0 atom stereocenters. The van der Waals surface area contributed by atoms with Crippen LogP contribution >= 0.6 is 0 Å². The number of carbonyl (C=O) groups excluding carboxylic acids is 2. The molecule has 26 heavy (non-hydrogen) atoms. The van der Waals surface area contributed by atoms with E-state index in [1.165, 1.54) is 18.4 Å². The van der Waals surface area contributed by atoms with E-state index >= 15 is 0 Å². The second kappa shape index (κ2) is 8.52. The molecule has 2 N–H and O–H groups in total. The van der Waals surface area contributed by atoms with Gasteiger partial charge in [0.1, 0.15) is 6.61 Å². The van der Waals surface area contributed by atoms with Crippen molar-refractivity contribution in [2.45, 2.75) is 13.1 Å². The lowest BCUT2D eigenvalue weighted by Crippen LogP contribution is -2.29. The topological polar surface area (TPSA) is 80.6 Å². The number of amides is 2. The summed E-state index contributed by atoms with van der Waals surface area (Å²) in [5, 5.41) is 5.09. The summed E-state index contributed by atoms with van der Waals surface area (Å²) in [4.78, 5) is 24.1. The molecule has 0 spiro atoms. The molecule has 1 heterocycles. The first kappa shape index (κ1) is 19.5. The number of anilines is 1. The van der Waals surface area contributed by atoms with Gasteiger partial charge in [-0.15, -0.1) is 0 Å². The van der Waals surface area contributed by atoms with E-state index in [4.69, 9.17) is 4.42 Å². The average Bonchev–Trinajstić information content (AvgIpc) is 3.10. The van der Waals surface area contributed by atoms with Gasteiger partial charge in [0.15, 0.2) is 5.76 Å². The third-order valence-corrected chi connectivity index (χ3v) is 3.29. The van der Waals surface area contributed by atoms with Gasteiger partial charge in [0.25, 0.3) is 11.8 Å². The van der Waals surface area contributed by atoms with Crippen LogP contribution in [0, 0.1) is 6.92 Å². The minimum absolute atomic E-state index is 0.0725. The van der Waals surface area contributed by atoms with Crippen LogP contribution in [0.5, 0.6) is 0 Å². The van der Waals surface area contributed by atoms with E-state index in [1.807, 2.05) is 0 Å². The quantitative estimate of drug-likeness (QED) is 0.734. The van der Waals surface area contributed by atoms with Crippen molar-refractivity contribution in [3.8, 4) is 0 Å². The molecule has 0 fully saturated rings. The van der Waals surface area contributed by atoms with Crippen LogP contribution in [0.4, 0.5) is 18.9 Å². The summed E-state index contributed by atoms with van der Waals surface area (Å²) in [7, 11) is 0. The van der Waals surface area contributed by atoms with Crippen molar-refractivity contribution >= 4 is 17.5 Å². The van der Waals surface area contributed by atoms with Gasteiger partial charge in [-0.3, -0.25) is 9.59 Å². The third-order valence-electron chi connectivity index (χ3n) is 3.29. The number of rotatable bonds is 7. The number of aryl methyl sites for hydroxylation is 1. The Morgan fingerprint density at radius 1 is 1.19 bits per heavy atom. The van der Waals surface area contributed by atoms with E-state index in [2.05, 4.69) is 15.4 Å². The highest BCUT2D eigenvalue weighted by Gasteiger charge is 2.27. The number of ether oxygens (including phenoxy) is 1. The zero-order valence-electron chi connectivity index (χ0n) is 13.9. The fourth-order valence-electron chi connectivity index (χ4n) is 2.02.